The number of carbonyl (C=O) groups is 1. The van der Waals surface area contributed by atoms with E-state index in [1.54, 1.807) is 42.7 Å². The molecule has 0 spiro atoms. The van der Waals surface area contributed by atoms with Gasteiger partial charge in [-0.15, -0.1) is 0 Å². The zero-order chi connectivity index (χ0) is 34.2. The van der Waals surface area contributed by atoms with Gasteiger partial charge in [0.1, 0.15) is 17.1 Å². The molecule has 0 saturated heterocycles. The van der Waals surface area contributed by atoms with E-state index in [0.29, 0.717) is 50.1 Å². The molecule has 50 heavy (non-hydrogen) atoms. The monoisotopic (exact) mass is 658 g/mol. The number of carbonyl (C=O) groups excluding carboxylic acids is 1. The lowest BCUT2D eigenvalue weighted by atomic mass is 9.88. The number of rotatable bonds is 8. The molecule has 0 bridgehead atoms. The minimum absolute atomic E-state index is 0.00767. The van der Waals surface area contributed by atoms with E-state index >= 15 is 0 Å². The topological polar surface area (TPSA) is 127 Å². The number of esters is 1. The number of hydrogen-bond acceptors (Lipinski definition) is 9. The van der Waals surface area contributed by atoms with Crippen molar-refractivity contribution < 1.29 is 19.1 Å². The van der Waals surface area contributed by atoms with Gasteiger partial charge in [-0.05, 0) is 60.2 Å². The number of ether oxygens (including phenoxy) is 1. The molecule has 3 N–H and O–H groups in total. The average Bonchev–Trinajstić information content (AvgIpc) is 3.16. The summed E-state index contributed by atoms with van der Waals surface area (Å²) in [5.74, 6) is -0.162. The van der Waals surface area contributed by atoms with Crippen LogP contribution in [-0.4, -0.2) is 28.2 Å². The van der Waals surface area contributed by atoms with Gasteiger partial charge >= 0.3 is 5.97 Å². The van der Waals surface area contributed by atoms with Gasteiger partial charge in [0.15, 0.2) is 5.43 Å². The summed E-state index contributed by atoms with van der Waals surface area (Å²) < 4.78 is 11.9. The minimum Gasteiger partial charge on any atom is -0.507 e. The first-order valence-corrected chi connectivity index (χ1v) is 16.1. The van der Waals surface area contributed by atoms with Gasteiger partial charge in [0.25, 0.3) is 0 Å². The Balaban J connectivity index is 1.34. The van der Waals surface area contributed by atoms with E-state index in [4.69, 9.17) is 9.15 Å². The Hall–Kier alpha value is -6.74. The smallest absolute Gasteiger partial charge is 0.338 e. The van der Waals surface area contributed by atoms with Gasteiger partial charge in [0.2, 0.25) is 0 Å². The summed E-state index contributed by atoms with van der Waals surface area (Å²) >= 11 is 0. The second-order valence-corrected chi connectivity index (χ2v) is 11.8. The van der Waals surface area contributed by atoms with Crippen LogP contribution in [0.15, 0.2) is 131 Å². The fourth-order valence-electron chi connectivity index (χ4n) is 6.58. The summed E-state index contributed by atoms with van der Waals surface area (Å²) in [6.45, 7) is 0.311. The number of benzene rings is 5. The molecule has 4 aromatic carbocycles. The van der Waals surface area contributed by atoms with Crippen LogP contribution >= 0.6 is 0 Å². The molecule has 3 heterocycles. The van der Waals surface area contributed by atoms with Gasteiger partial charge in [0, 0.05) is 52.8 Å². The molecule has 6 aromatic rings. The number of fused-ring (bicyclic) bond motifs is 4. The van der Waals surface area contributed by atoms with Crippen molar-refractivity contribution in [3.05, 3.63) is 149 Å². The number of pyridine rings is 2. The molecule has 2 aromatic heterocycles. The van der Waals surface area contributed by atoms with E-state index in [9.17, 15) is 14.7 Å². The predicted octanol–water partition coefficient (Wildman–Crippen LogP) is 8.38. The summed E-state index contributed by atoms with van der Waals surface area (Å²) in [6, 6.07) is 33.2. The van der Waals surface area contributed by atoms with Crippen LogP contribution in [0.3, 0.4) is 0 Å². The van der Waals surface area contributed by atoms with E-state index in [1.165, 1.54) is 13.2 Å². The third-order valence-corrected chi connectivity index (χ3v) is 8.97. The Morgan fingerprint density at radius 1 is 0.720 bits per heavy atom. The summed E-state index contributed by atoms with van der Waals surface area (Å²) in [5, 5.41) is 20.7. The number of hydrogen-bond donors (Lipinski definition) is 3. The van der Waals surface area contributed by atoms with Crippen molar-refractivity contribution >= 4 is 50.1 Å². The van der Waals surface area contributed by atoms with Gasteiger partial charge in [-0.25, -0.2) is 4.79 Å². The Kier molecular flexibility index (Phi) is 7.77. The molecule has 2 aliphatic rings. The molecule has 0 amide bonds. The minimum atomic E-state index is -0.502. The Labute approximate surface area is 286 Å². The van der Waals surface area contributed by atoms with E-state index in [-0.39, 0.29) is 24.3 Å². The maximum Gasteiger partial charge on any atom is 0.338 e. The molecule has 0 radical (unpaired) electrons. The lowest BCUT2D eigenvalue weighted by molar-refractivity contribution is 0.0601. The van der Waals surface area contributed by atoms with Crippen LogP contribution in [0.5, 0.6) is 5.75 Å². The number of anilines is 2. The van der Waals surface area contributed by atoms with Crippen LogP contribution < -0.4 is 16.1 Å². The molecule has 1 aliphatic carbocycles. The number of aromatic nitrogens is 2. The third kappa shape index (κ3) is 5.31. The van der Waals surface area contributed by atoms with Gasteiger partial charge in [0.05, 0.1) is 46.2 Å². The van der Waals surface area contributed by atoms with Gasteiger partial charge in [-0.2, -0.15) is 0 Å². The number of para-hydroxylation sites is 2. The quantitative estimate of drug-likeness (QED) is 0.109. The molecule has 0 saturated carbocycles. The molecule has 244 valence electrons. The van der Waals surface area contributed by atoms with Crippen LogP contribution in [-0.2, 0) is 17.8 Å². The molecule has 1 aliphatic heterocycles. The van der Waals surface area contributed by atoms with Crippen LogP contribution in [0.2, 0.25) is 0 Å². The first-order chi connectivity index (χ1) is 24.5. The highest BCUT2D eigenvalue weighted by molar-refractivity contribution is 6.09. The number of methoxy groups -OCH3 is 1. The van der Waals surface area contributed by atoms with Crippen LogP contribution in [0.1, 0.15) is 21.5 Å². The number of aromatic hydroxyl groups is 1. The summed E-state index contributed by atoms with van der Waals surface area (Å²) in [5.41, 5.74) is 6.37. The Morgan fingerprint density at radius 2 is 1.36 bits per heavy atom. The maximum absolute atomic E-state index is 13.7. The van der Waals surface area contributed by atoms with Gasteiger partial charge < -0.3 is 24.9 Å². The Bertz CT molecular complexity index is 2600. The van der Waals surface area contributed by atoms with Crippen LogP contribution in [0.25, 0.3) is 55.2 Å². The lowest BCUT2D eigenvalue weighted by Gasteiger charge is -2.21. The number of nitrogens with one attached hydrogen (secondary N) is 2. The number of phenolic OH excluding ortho intramolecular Hbond substituents is 1. The molecular formula is C41H30N4O5. The molecule has 0 unspecified atom stereocenters. The lowest BCUT2D eigenvalue weighted by Crippen LogP contribution is -2.15. The van der Waals surface area contributed by atoms with E-state index in [1.807, 2.05) is 72.8 Å². The molecule has 0 fully saturated rings. The van der Waals surface area contributed by atoms with E-state index in [0.717, 1.165) is 33.2 Å². The molecule has 8 rings (SSSR count). The first kappa shape index (κ1) is 30.6. The highest BCUT2D eigenvalue weighted by Crippen LogP contribution is 2.45. The predicted molar refractivity (Wildman–Crippen MR) is 196 cm³/mol. The van der Waals surface area contributed by atoms with Crippen LogP contribution in [0.4, 0.5) is 11.4 Å². The number of nitrogens with zero attached hydrogens (tertiary/aromatic N) is 2. The van der Waals surface area contributed by atoms with Crippen molar-refractivity contribution in [1.29, 1.82) is 0 Å². The van der Waals surface area contributed by atoms with E-state index < -0.39 is 5.97 Å². The average molecular weight is 659 g/mol. The molecular weight excluding hydrogens is 628 g/mol. The van der Waals surface area contributed by atoms with Crippen LogP contribution in [0, 0.1) is 0 Å². The summed E-state index contributed by atoms with van der Waals surface area (Å²) in [4.78, 5) is 35.8. The highest BCUT2D eigenvalue weighted by Gasteiger charge is 2.27. The van der Waals surface area contributed by atoms with E-state index in [2.05, 4.69) is 20.6 Å². The maximum atomic E-state index is 13.7. The molecule has 9 nitrogen and oxygen atoms in total. The van der Waals surface area contributed by atoms with Crippen molar-refractivity contribution in [1.82, 2.24) is 9.97 Å². The second-order valence-electron chi connectivity index (χ2n) is 11.8. The second kappa shape index (κ2) is 12.7. The fourth-order valence-corrected chi connectivity index (χ4v) is 6.58. The largest absolute Gasteiger partial charge is 0.507 e. The molecule has 9 heteroatoms. The van der Waals surface area contributed by atoms with Crippen molar-refractivity contribution in [3.8, 4) is 28.2 Å². The SMILES string of the molecule is COC(=O)c1ccccc1-c1c2ccc(=O)c(CNc3cccc4cccnc34)c-2oc2c(CNc3cccc4cccnc34)c(O)ccc12. The Morgan fingerprint density at radius 3 is 2.04 bits per heavy atom. The molecule has 0 atom stereocenters. The third-order valence-electron chi connectivity index (χ3n) is 8.97. The normalized spacial score (nSPS) is 11.3. The highest BCUT2D eigenvalue weighted by atomic mass is 16.5. The van der Waals surface area contributed by atoms with Crippen molar-refractivity contribution in [2.75, 3.05) is 17.7 Å². The zero-order valence-corrected chi connectivity index (χ0v) is 26.9. The van der Waals surface area contributed by atoms with Gasteiger partial charge in [-0.3, -0.25) is 14.8 Å². The van der Waals surface area contributed by atoms with Crippen molar-refractivity contribution in [2.45, 2.75) is 13.1 Å². The summed E-state index contributed by atoms with van der Waals surface area (Å²) in [6.07, 6.45) is 3.47. The zero-order valence-electron chi connectivity index (χ0n) is 26.9. The standard InChI is InChI=1S/C41H30N4O5/c1-49-41(48)27-13-3-2-12-26(27)36-28-16-18-34(46)30(22-44-32-14-4-8-24-10-6-20-42-37(24)32)39(28)50-40-29(36)17-19-35(47)31(40)23-45-33-15-5-9-25-11-7-21-43-38(25)33/h2-21,44-46H,22-23H2,1H3. The van der Waals surface area contributed by atoms with Gasteiger partial charge in [-0.1, -0.05) is 54.6 Å². The van der Waals surface area contributed by atoms with Crippen molar-refractivity contribution in [3.63, 3.8) is 0 Å². The first-order valence-electron chi connectivity index (χ1n) is 16.1. The fraction of sp³-hybridized carbons (Fsp3) is 0.0732. The number of phenols is 1. The summed E-state index contributed by atoms with van der Waals surface area (Å²) in [7, 11) is 1.34. The van der Waals surface area contributed by atoms with Crippen molar-refractivity contribution in [2.24, 2.45) is 0 Å².